The van der Waals surface area contributed by atoms with E-state index in [1.807, 2.05) is 6.92 Å². The minimum Gasteiger partial charge on any atom is -0.449 e. The first kappa shape index (κ1) is 25.1. The lowest BCUT2D eigenvalue weighted by atomic mass is 9.97. The van der Waals surface area contributed by atoms with Gasteiger partial charge in [0.2, 0.25) is 5.91 Å². The number of hydrazone groups is 1. The van der Waals surface area contributed by atoms with Crippen LogP contribution in [0.1, 0.15) is 46.0 Å². The molecule has 2 aliphatic carbocycles. The van der Waals surface area contributed by atoms with Crippen molar-refractivity contribution in [3.05, 3.63) is 0 Å². The van der Waals surface area contributed by atoms with E-state index < -0.39 is 33.9 Å². The highest BCUT2D eigenvalue weighted by Gasteiger charge is 2.50. The second-order valence-electron chi connectivity index (χ2n) is 7.84. The zero-order chi connectivity index (χ0) is 23.0. The van der Waals surface area contributed by atoms with Gasteiger partial charge in [0, 0.05) is 19.6 Å². The first-order valence-corrected chi connectivity index (χ1v) is 12.2. The number of aliphatic imine (C=N–C) groups is 1. The van der Waals surface area contributed by atoms with E-state index in [2.05, 4.69) is 20.7 Å². The number of nitrogens with zero attached hydrogens (tertiary/aromatic N) is 2. The molecule has 0 spiro atoms. The van der Waals surface area contributed by atoms with E-state index in [1.165, 1.54) is 0 Å². The number of carbonyl (C=O) groups is 2. The molecule has 2 aliphatic rings. The van der Waals surface area contributed by atoms with E-state index in [0.717, 1.165) is 37.1 Å². The Kier molecular flexibility index (Phi) is 9.23. The van der Waals surface area contributed by atoms with Crippen LogP contribution in [0.3, 0.4) is 0 Å². The van der Waals surface area contributed by atoms with Gasteiger partial charge in [-0.3, -0.25) is 14.3 Å². The van der Waals surface area contributed by atoms with Gasteiger partial charge in [-0.05, 0) is 56.8 Å². The molecule has 0 aromatic carbocycles. The lowest BCUT2D eigenvalue weighted by molar-refractivity contribution is -0.120. The van der Waals surface area contributed by atoms with Crippen LogP contribution in [0, 0.1) is 17.8 Å². The minimum absolute atomic E-state index is 0.203. The predicted octanol–water partition coefficient (Wildman–Crippen LogP) is 0.707. The van der Waals surface area contributed by atoms with Gasteiger partial charge in [-0.25, -0.2) is 4.79 Å². The number of rotatable bonds is 9. The summed E-state index contributed by atoms with van der Waals surface area (Å²) in [6.45, 7) is 4.35. The Balaban J connectivity index is 1.82. The Labute approximate surface area is 183 Å². The molecule has 0 aromatic heterocycles. The van der Waals surface area contributed by atoms with Gasteiger partial charge in [0.1, 0.15) is 0 Å². The molecule has 2 saturated carbocycles. The number of fused-ring (bicyclic) bond motifs is 1. The Hall–Kier alpha value is -2.21. The van der Waals surface area contributed by atoms with Crippen molar-refractivity contribution >= 4 is 33.5 Å². The van der Waals surface area contributed by atoms with E-state index in [0.29, 0.717) is 24.8 Å². The van der Waals surface area contributed by atoms with Gasteiger partial charge < -0.3 is 21.2 Å². The maximum atomic E-state index is 12.0. The Bertz CT molecular complexity index is 813. The molecule has 31 heavy (non-hydrogen) atoms. The summed E-state index contributed by atoms with van der Waals surface area (Å²) in [7, 11) is -4.67. The van der Waals surface area contributed by atoms with E-state index >= 15 is 0 Å². The number of nitrogens with one attached hydrogen (secondary N) is 2. The number of ether oxygens (including phenoxy) is 1. The van der Waals surface area contributed by atoms with Crippen LogP contribution < -0.4 is 16.5 Å². The first-order valence-electron chi connectivity index (χ1n) is 10.7. The third kappa shape index (κ3) is 7.17. The van der Waals surface area contributed by atoms with E-state index in [1.54, 1.807) is 6.92 Å². The normalized spacial score (nSPS) is 27.0. The van der Waals surface area contributed by atoms with Gasteiger partial charge in [-0.1, -0.05) is 6.92 Å². The molecular weight excluding hydrogens is 426 g/mol. The summed E-state index contributed by atoms with van der Waals surface area (Å²) in [5.74, 6) is 5.71. The maximum absolute atomic E-state index is 12.0. The third-order valence-electron chi connectivity index (χ3n) is 5.82. The third-order valence-corrected chi connectivity index (χ3v) is 6.92. The Morgan fingerprint density at radius 1 is 1.19 bits per heavy atom. The van der Waals surface area contributed by atoms with Crippen LogP contribution in [0.4, 0.5) is 4.79 Å². The molecule has 2 amide bonds. The minimum atomic E-state index is -4.67. The van der Waals surface area contributed by atoms with Crippen LogP contribution in [-0.4, -0.2) is 67.9 Å². The fraction of sp³-hybridized carbons (Fsp3) is 0.789. The summed E-state index contributed by atoms with van der Waals surface area (Å²) in [5, 5.41) is 6.75. The van der Waals surface area contributed by atoms with Gasteiger partial charge in [-0.2, -0.15) is 13.5 Å². The van der Waals surface area contributed by atoms with Crippen LogP contribution in [0.25, 0.3) is 0 Å². The summed E-state index contributed by atoms with van der Waals surface area (Å²) in [6, 6.07) is 0. The SMILES string of the molecule is CCCNC(=O)C(CNC(=O)OC[C@@H]1[C@@H]2CCC(=NN)C(=NCC)CC[C@@H]21)S(=O)(=O)O. The Morgan fingerprint density at radius 2 is 1.84 bits per heavy atom. The second kappa shape index (κ2) is 11.4. The molecule has 12 heteroatoms. The lowest BCUT2D eigenvalue weighted by Crippen LogP contribution is -2.47. The van der Waals surface area contributed by atoms with Crippen LogP contribution in [-0.2, 0) is 19.6 Å². The quantitative estimate of drug-likeness (QED) is 0.223. The van der Waals surface area contributed by atoms with Gasteiger partial charge in [-0.15, -0.1) is 0 Å². The molecule has 2 rings (SSSR count). The molecule has 0 aromatic rings. The van der Waals surface area contributed by atoms with Crippen LogP contribution in [0.15, 0.2) is 10.1 Å². The average molecular weight is 460 g/mol. The van der Waals surface area contributed by atoms with Crippen LogP contribution >= 0.6 is 0 Å². The average Bonchev–Trinajstić information content (AvgIpc) is 3.36. The summed E-state index contributed by atoms with van der Waals surface area (Å²) >= 11 is 0. The number of carbonyl (C=O) groups excluding carboxylic acids is 2. The summed E-state index contributed by atoms with van der Waals surface area (Å²) in [4.78, 5) is 28.4. The molecule has 0 saturated heterocycles. The van der Waals surface area contributed by atoms with Crippen molar-refractivity contribution in [3.63, 3.8) is 0 Å². The lowest BCUT2D eigenvalue weighted by Gasteiger charge is -2.14. The molecule has 2 fully saturated rings. The highest BCUT2D eigenvalue weighted by molar-refractivity contribution is 7.87. The topological polar surface area (TPSA) is 173 Å². The second-order valence-corrected chi connectivity index (χ2v) is 9.44. The molecule has 1 unspecified atom stereocenters. The standard InChI is InChI=1S/C19H33N5O6S/c1-3-9-22-18(25)17(31(27,28)29)10-23-19(26)30-11-14-12-5-7-15(21-4-2)16(24-20)8-6-13(12)14/h12-14,17H,3-11,20H2,1-2H3,(H,22,25)(H,23,26)(H,27,28,29)/t12-,13+,14-,17?/m0/s1. The monoisotopic (exact) mass is 459 g/mol. The van der Waals surface area contributed by atoms with Crippen molar-refractivity contribution in [1.82, 2.24) is 10.6 Å². The number of amides is 2. The number of alkyl carbamates (subject to hydrolysis) is 1. The predicted molar refractivity (Wildman–Crippen MR) is 117 cm³/mol. The van der Waals surface area contributed by atoms with Gasteiger partial charge in [0.05, 0.1) is 18.0 Å². The summed E-state index contributed by atoms with van der Waals surface area (Å²) in [6.07, 6.45) is 3.11. The highest BCUT2D eigenvalue weighted by atomic mass is 32.2. The highest BCUT2D eigenvalue weighted by Crippen LogP contribution is 2.53. The van der Waals surface area contributed by atoms with Crippen molar-refractivity contribution in [2.45, 2.75) is 51.2 Å². The molecule has 0 aliphatic heterocycles. The molecule has 11 nitrogen and oxygen atoms in total. The van der Waals surface area contributed by atoms with Gasteiger partial charge >= 0.3 is 6.09 Å². The van der Waals surface area contributed by atoms with Crippen LogP contribution in [0.2, 0.25) is 0 Å². The molecule has 0 radical (unpaired) electrons. The van der Waals surface area contributed by atoms with Crippen LogP contribution in [0.5, 0.6) is 0 Å². The molecule has 0 heterocycles. The summed E-state index contributed by atoms with van der Waals surface area (Å²) < 4.78 is 37.4. The number of hydrogen-bond donors (Lipinski definition) is 4. The van der Waals surface area contributed by atoms with Crippen molar-refractivity contribution in [3.8, 4) is 0 Å². The van der Waals surface area contributed by atoms with E-state index in [4.69, 9.17) is 10.6 Å². The molecule has 176 valence electrons. The first-order chi connectivity index (χ1) is 14.7. The molecule has 0 bridgehead atoms. The van der Waals surface area contributed by atoms with E-state index in [9.17, 15) is 22.6 Å². The molecule has 4 atom stereocenters. The van der Waals surface area contributed by atoms with Crippen molar-refractivity contribution in [1.29, 1.82) is 0 Å². The largest absolute Gasteiger partial charge is 0.449 e. The number of hydrogen-bond acceptors (Lipinski definition) is 8. The fourth-order valence-electron chi connectivity index (χ4n) is 4.12. The zero-order valence-corrected chi connectivity index (χ0v) is 18.9. The van der Waals surface area contributed by atoms with E-state index in [-0.39, 0.29) is 19.1 Å². The van der Waals surface area contributed by atoms with Crippen molar-refractivity contribution in [2.24, 2.45) is 33.7 Å². The van der Waals surface area contributed by atoms with Gasteiger partial charge in [0.15, 0.2) is 5.25 Å². The van der Waals surface area contributed by atoms with Gasteiger partial charge in [0.25, 0.3) is 10.1 Å². The molecule has 5 N–H and O–H groups in total. The molecular formula is C19H33N5O6S. The van der Waals surface area contributed by atoms with Crippen molar-refractivity contribution in [2.75, 3.05) is 26.2 Å². The maximum Gasteiger partial charge on any atom is 0.407 e. The number of nitrogens with two attached hydrogens (primary N) is 1. The fourth-order valence-corrected chi connectivity index (χ4v) is 4.77. The van der Waals surface area contributed by atoms with Crippen molar-refractivity contribution < 1.29 is 27.3 Å². The summed E-state index contributed by atoms with van der Waals surface area (Å²) in [5.41, 5.74) is 1.78. The zero-order valence-electron chi connectivity index (χ0n) is 18.0. The Morgan fingerprint density at radius 3 is 2.39 bits per heavy atom. The smallest absolute Gasteiger partial charge is 0.407 e.